The van der Waals surface area contributed by atoms with Gasteiger partial charge in [0, 0.05) is 64.6 Å². The average molecular weight is 562 g/mol. The molecule has 2 aliphatic rings. The number of hydrogen-bond donors (Lipinski definition) is 2. The van der Waals surface area contributed by atoms with Crippen LogP contribution in [0.25, 0.3) is 0 Å². The number of urea groups is 1. The zero-order chi connectivity index (χ0) is 29.3. The summed E-state index contributed by atoms with van der Waals surface area (Å²) in [5.74, 6) is -0.790. The van der Waals surface area contributed by atoms with Crippen LogP contribution in [0, 0.1) is 5.82 Å². The van der Waals surface area contributed by atoms with Crippen molar-refractivity contribution in [2.75, 3.05) is 40.1 Å². The van der Waals surface area contributed by atoms with Gasteiger partial charge in [-0.15, -0.1) is 0 Å². The Balaban J connectivity index is 1.26. The summed E-state index contributed by atoms with van der Waals surface area (Å²) in [7, 11) is 6.61. The molecule has 0 radical (unpaired) electrons. The van der Waals surface area contributed by atoms with Crippen molar-refractivity contribution in [3.8, 4) is 0 Å². The van der Waals surface area contributed by atoms with Gasteiger partial charge in [-0.3, -0.25) is 19.5 Å². The largest absolute Gasteiger partial charge is 0.345 e. The maximum Gasteiger partial charge on any atom is 0.321 e. The van der Waals surface area contributed by atoms with Crippen LogP contribution >= 0.6 is 0 Å². The van der Waals surface area contributed by atoms with Crippen LogP contribution in [-0.2, 0) is 25.2 Å². The molecule has 1 aliphatic carbocycles. The van der Waals surface area contributed by atoms with Crippen molar-refractivity contribution in [2.45, 2.75) is 44.4 Å². The topological polar surface area (TPSA) is 103 Å². The van der Waals surface area contributed by atoms with Crippen molar-refractivity contribution in [2.24, 2.45) is 0 Å². The zero-order valence-corrected chi connectivity index (χ0v) is 23.9. The number of benzene rings is 1. The second-order valence-corrected chi connectivity index (χ2v) is 11.1. The first-order valence-electron chi connectivity index (χ1n) is 13.8. The van der Waals surface area contributed by atoms with E-state index in [1.165, 1.54) is 15.9 Å². The smallest absolute Gasteiger partial charge is 0.321 e. The maximum atomic E-state index is 15.1. The van der Waals surface area contributed by atoms with Gasteiger partial charge in [-0.25, -0.2) is 9.18 Å². The fourth-order valence-corrected chi connectivity index (χ4v) is 5.60. The SMILES string of the molecule is CN(C)C(=O)Nc1ccc(CNC(=O)c2ccc3n2CCN(Cc2ccc(C(=O)N(C)C)cc2F)C32CCC2)nc1. The zero-order valence-electron chi connectivity index (χ0n) is 23.9. The van der Waals surface area contributed by atoms with Crippen molar-refractivity contribution in [1.29, 1.82) is 0 Å². The Kier molecular flexibility index (Phi) is 7.81. The number of hydrogen-bond acceptors (Lipinski definition) is 5. The van der Waals surface area contributed by atoms with E-state index in [4.69, 9.17) is 0 Å². The molecule has 1 aliphatic heterocycles. The molecule has 1 fully saturated rings. The molecule has 0 saturated heterocycles. The lowest BCUT2D eigenvalue weighted by Gasteiger charge is -2.53. The minimum absolute atomic E-state index is 0.182. The normalized spacial score (nSPS) is 15.5. The fraction of sp³-hybridized carbons (Fsp3) is 0.400. The quantitative estimate of drug-likeness (QED) is 0.459. The summed E-state index contributed by atoms with van der Waals surface area (Å²) in [5.41, 5.74) is 3.58. The number of carbonyl (C=O) groups is 3. The molecule has 3 heterocycles. The fourth-order valence-electron chi connectivity index (χ4n) is 5.60. The van der Waals surface area contributed by atoms with Crippen molar-refractivity contribution < 1.29 is 18.8 Å². The number of anilines is 1. The summed E-state index contributed by atoms with van der Waals surface area (Å²) >= 11 is 0. The monoisotopic (exact) mass is 561 g/mol. The molecule has 1 spiro atoms. The molecule has 41 heavy (non-hydrogen) atoms. The van der Waals surface area contributed by atoms with E-state index in [1.54, 1.807) is 58.7 Å². The number of nitrogens with one attached hydrogen (secondary N) is 2. The van der Waals surface area contributed by atoms with Crippen LogP contribution in [0.5, 0.6) is 0 Å². The number of carbonyl (C=O) groups excluding carboxylic acids is 3. The molecule has 11 heteroatoms. The van der Waals surface area contributed by atoms with E-state index in [-0.39, 0.29) is 35.7 Å². The van der Waals surface area contributed by atoms with Gasteiger partial charge in [0.15, 0.2) is 0 Å². The molecule has 0 unspecified atom stereocenters. The molecule has 2 N–H and O–H groups in total. The average Bonchev–Trinajstić information content (AvgIpc) is 3.36. The molecule has 3 aromatic rings. The predicted octanol–water partition coefficient (Wildman–Crippen LogP) is 3.64. The highest BCUT2D eigenvalue weighted by Gasteiger charge is 2.48. The molecule has 1 saturated carbocycles. The van der Waals surface area contributed by atoms with Crippen LogP contribution in [0.1, 0.15) is 57.1 Å². The number of halogens is 1. The summed E-state index contributed by atoms with van der Waals surface area (Å²) in [4.78, 5) is 46.8. The number of fused-ring (bicyclic) bond motifs is 2. The Morgan fingerprint density at radius 1 is 1.00 bits per heavy atom. The van der Waals surface area contributed by atoms with Crippen molar-refractivity contribution in [3.05, 3.63) is 82.7 Å². The Bertz CT molecular complexity index is 1460. The summed E-state index contributed by atoms with van der Waals surface area (Å²) in [6.45, 7) is 1.99. The van der Waals surface area contributed by atoms with Crippen LogP contribution in [-0.4, -0.2) is 76.8 Å². The molecule has 5 rings (SSSR count). The Morgan fingerprint density at radius 2 is 1.78 bits per heavy atom. The van der Waals surface area contributed by atoms with Gasteiger partial charge in [0.2, 0.25) is 0 Å². The van der Waals surface area contributed by atoms with Gasteiger partial charge in [-0.1, -0.05) is 6.07 Å². The summed E-state index contributed by atoms with van der Waals surface area (Å²) in [6.07, 6.45) is 4.51. The third kappa shape index (κ3) is 5.54. The predicted molar refractivity (Wildman–Crippen MR) is 153 cm³/mol. The van der Waals surface area contributed by atoms with Crippen molar-refractivity contribution in [1.82, 2.24) is 29.6 Å². The minimum atomic E-state index is -0.380. The van der Waals surface area contributed by atoms with Crippen LogP contribution in [0.3, 0.4) is 0 Å². The molecular formula is C30H36FN7O3. The first-order valence-corrected chi connectivity index (χ1v) is 13.8. The molecule has 1 aromatic carbocycles. The second kappa shape index (κ2) is 11.3. The molecule has 4 amide bonds. The van der Waals surface area contributed by atoms with E-state index in [0.717, 1.165) is 25.0 Å². The lowest BCUT2D eigenvalue weighted by Crippen LogP contribution is -2.56. The van der Waals surface area contributed by atoms with E-state index < -0.39 is 0 Å². The molecule has 216 valence electrons. The van der Waals surface area contributed by atoms with Gasteiger partial charge in [0.05, 0.1) is 29.7 Å². The summed E-state index contributed by atoms with van der Waals surface area (Å²) in [6, 6.07) is 11.9. The van der Waals surface area contributed by atoms with Gasteiger partial charge in [0.1, 0.15) is 11.5 Å². The van der Waals surface area contributed by atoms with Gasteiger partial charge in [-0.05, 0) is 55.7 Å². The second-order valence-electron chi connectivity index (χ2n) is 11.1. The van der Waals surface area contributed by atoms with E-state index in [1.807, 2.05) is 12.1 Å². The molecule has 0 bridgehead atoms. The highest BCUT2D eigenvalue weighted by atomic mass is 19.1. The highest BCUT2D eigenvalue weighted by Crippen LogP contribution is 2.49. The standard InChI is InChI=1S/C30H36FN7O3/c1-35(2)28(40)20-6-7-21(24(31)16-20)19-37-14-15-38-25(10-11-26(38)30(37)12-5-13-30)27(39)33-17-22-8-9-23(18-32-22)34-29(41)36(3)4/h6-11,16,18H,5,12-15,17,19H2,1-4H3,(H,33,39)(H,34,41). The van der Waals surface area contributed by atoms with Crippen molar-refractivity contribution in [3.63, 3.8) is 0 Å². The van der Waals surface area contributed by atoms with Crippen LogP contribution in [0.2, 0.25) is 0 Å². The number of amides is 4. The lowest BCUT2D eigenvalue weighted by molar-refractivity contribution is -0.0223. The van der Waals surface area contributed by atoms with Gasteiger partial charge < -0.3 is 25.0 Å². The highest BCUT2D eigenvalue weighted by molar-refractivity contribution is 5.94. The third-order valence-corrected chi connectivity index (χ3v) is 8.05. The minimum Gasteiger partial charge on any atom is -0.345 e. The van der Waals surface area contributed by atoms with Crippen LogP contribution < -0.4 is 10.6 Å². The van der Waals surface area contributed by atoms with E-state index in [2.05, 4.69) is 25.1 Å². The van der Waals surface area contributed by atoms with Gasteiger partial charge in [-0.2, -0.15) is 0 Å². The van der Waals surface area contributed by atoms with Crippen LogP contribution in [0.4, 0.5) is 14.9 Å². The number of nitrogens with zero attached hydrogens (tertiary/aromatic N) is 5. The van der Waals surface area contributed by atoms with Crippen LogP contribution in [0.15, 0.2) is 48.7 Å². The molecule has 2 aromatic heterocycles. The molecule has 10 nitrogen and oxygen atoms in total. The lowest BCUT2D eigenvalue weighted by atomic mass is 9.71. The van der Waals surface area contributed by atoms with Gasteiger partial charge in [0.25, 0.3) is 11.8 Å². The Hall–Kier alpha value is -4.25. The van der Waals surface area contributed by atoms with E-state index >= 15 is 4.39 Å². The van der Waals surface area contributed by atoms with E-state index in [0.29, 0.717) is 47.8 Å². The van der Waals surface area contributed by atoms with Gasteiger partial charge >= 0.3 is 6.03 Å². The molecule has 0 atom stereocenters. The number of rotatable bonds is 7. The molecular weight excluding hydrogens is 525 g/mol. The number of pyridine rings is 1. The number of aromatic nitrogens is 2. The summed E-state index contributed by atoms with van der Waals surface area (Å²) < 4.78 is 17.2. The van der Waals surface area contributed by atoms with Crippen molar-refractivity contribution >= 4 is 23.5 Å². The first kappa shape index (κ1) is 28.3. The first-order chi connectivity index (χ1) is 19.6. The Morgan fingerprint density at radius 3 is 2.39 bits per heavy atom. The third-order valence-electron chi connectivity index (χ3n) is 8.05. The Labute approximate surface area is 239 Å². The maximum absolute atomic E-state index is 15.1. The summed E-state index contributed by atoms with van der Waals surface area (Å²) in [5, 5.41) is 5.70. The van der Waals surface area contributed by atoms with E-state index in [9.17, 15) is 14.4 Å².